The first kappa shape index (κ1) is 35.9. The van der Waals surface area contributed by atoms with Gasteiger partial charge in [0.25, 0.3) is 11.8 Å². The molecule has 3 aromatic rings. The Morgan fingerprint density at radius 3 is 1.25 bits per heavy atom. The maximum atomic E-state index is 12.7. The van der Waals surface area contributed by atoms with E-state index in [0.717, 1.165) is 0 Å². The van der Waals surface area contributed by atoms with E-state index in [1.165, 1.54) is 9.80 Å². The maximum Gasteiger partial charge on any atom is 0.278 e. The Morgan fingerprint density at radius 1 is 0.615 bits per heavy atom. The smallest absolute Gasteiger partial charge is 0.278 e. The molecule has 24 nitrogen and oxygen atoms in total. The summed E-state index contributed by atoms with van der Waals surface area (Å²) in [5, 5.41) is 43.3. The summed E-state index contributed by atoms with van der Waals surface area (Å²) in [6, 6.07) is 4.26. The lowest BCUT2D eigenvalue weighted by molar-refractivity contribution is -0.117. The van der Waals surface area contributed by atoms with Gasteiger partial charge in [0.2, 0.25) is 47.6 Å². The van der Waals surface area contributed by atoms with E-state index in [1.54, 1.807) is 52.0 Å². The van der Waals surface area contributed by atoms with Crippen molar-refractivity contribution in [2.75, 3.05) is 31.1 Å². The lowest BCUT2D eigenvalue weighted by Crippen LogP contribution is -2.48. The summed E-state index contributed by atoms with van der Waals surface area (Å²) in [6.07, 6.45) is 0. The molecular weight excluding hydrogens is 676 g/mol. The molecule has 4 heterocycles. The molecule has 2 aromatic heterocycles. The monoisotopic (exact) mass is 712 g/mol. The van der Waals surface area contributed by atoms with Gasteiger partial charge in [-0.15, -0.1) is 0 Å². The van der Waals surface area contributed by atoms with Crippen LogP contribution in [0.3, 0.4) is 0 Å². The fourth-order valence-corrected chi connectivity index (χ4v) is 4.86. The van der Waals surface area contributed by atoms with Crippen molar-refractivity contribution < 1.29 is 9.59 Å². The number of benzene rings is 1. The summed E-state index contributed by atoms with van der Waals surface area (Å²) in [7, 11) is 0. The Morgan fingerprint density at radius 2 is 0.942 bits per heavy atom. The van der Waals surface area contributed by atoms with Gasteiger partial charge in [0, 0.05) is 22.8 Å². The fourth-order valence-electron chi connectivity index (χ4n) is 4.86. The highest BCUT2D eigenvalue weighted by molar-refractivity contribution is 6.24. The normalized spacial score (nSPS) is 16.9. The highest BCUT2D eigenvalue weighted by Crippen LogP contribution is 2.27. The maximum absolute atomic E-state index is 12.7. The van der Waals surface area contributed by atoms with E-state index in [-0.39, 0.29) is 70.9 Å². The number of nitrogens with one attached hydrogen (secondary N) is 8. The number of guanidine groups is 4. The molecule has 5 rings (SSSR count). The zero-order valence-electron chi connectivity index (χ0n) is 28.2. The van der Waals surface area contributed by atoms with Crippen molar-refractivity contribution in [1.82, 2.24) is 29.9 Å². The Labute approximate surface area is 295 Å². The minimum absolute atomic E-state index is 0.0283. The molecule has 0 bridgehead atoms. The van der Waals surface area contributed by atoms with E-state index in [4.69, 9.17) is 44.6 Å². The van der Waals surface area contributed by atoms with E-state index in [0.29, 0.717) is 11.4 Å². The lowest BCUT2D eigenvalue weighted by Gasteiger charge is -2.25. The number of carbonyl (C=O) groups is 2. The van der Waals surface area contributed by atoms with Crippen molar-refractivity contribution in [2.24, 2.45) is 44.8 Å². The zero-order chi connectivity index (χ0) is 38.0. The first-order chi connectivity index (χ1) is 24.5. The van der Waals surface area contributed by atoms with E-state index >= 15 is 0 Å². The molecular formula is C28H36N22O2. The minimum atomic E-state index is -1.17. The van der Waals surface area contributed by atoms with Gasteiger partial charge in [-0.25, -0.2) is 0 Å². The molecule has 2 aliphatic rings. The Hall–Kier alpha value is -7.40. The summed E-state index contributed by atoms with van der Waals surface area (Å²) >= 11 is 0. The molecule has 0 aliphatic carbocycles. The van der Waals surface area contributed by atoms with E-state index in [2.05, 4.69) is 61.2 Å². The highest BCUT2D eigenvalue weighted by atomic mass is 16.2. The third kappa shape index (κ3) is 7.58. The van der Waals surface area contributed by atoms with Crippen LogP contribution in [0.1, 0.15) is 27.7 Å². The van der Waals surface area contributed by atoms with Crippen molar-refractivity contribution in [1.29, 1.82) is 21.6 Å². The van der Waals surface area contributed by atoms with Crippen molar-refractivity contribution >= 4 is 94.1 Å². The van der Waals surface area contributed by atoms with E-state index in [1.807, 2.05) is 0 Å². The third-order valence-corrected chi connectivity index (χ3v) is 7.33. The van der Waals surface area contributed by atoms with Gasteiger partial charge in [-0.2, -0.15) is 39.9 Å². The molecule has 1 aromatic carbocycles. The van der Waals surface area contributed by atoms with Gasteiger partial charge in [0.15, 0.2) is 24.0 Å². The van der Waals surface area contributed by atoms with Gasteiger partial charge in [-0.05, 0) is 36.1 Å². The summed E-state index contributed by atoms with van der Waals surface area (Å²) in [6.45, 7) is 7.01. The van der Waals surface area contributed by atoms with Crippen LogP contribution < -0.4 is 54.0 Å². The van der Waals surface area contributed by atoms with Gasteiger partial charge >= 0.3 is 0 Å². The topological polar surface area (TPSA) is 390 Å². The van der Waals surface area contributed by atoms with Gasteiger partial charge in [0.05, 0.1) is 0 Å². The van der Waals surface area contributed by atoms with Crippen LogP contribution in [0.15, 0.2) is 34.3 Å². The van der Waals surface area contributed by atoms with Gasteiger partial charge in [-0.1, -0.05) is 27.7 Å². The second kappa shape index (κ2) is 14.2. The lowest BCUT2D eigenvalue weighted by atomic mass is 10.00. The van der Waals surface area contributed by atoms with Crippen molar-refractivity contribution in [3.05, 3.63) is 24.3 Å². The summed E-state index contributed by atoms with van der Waals surface area (Å²) in [4.78, 5) is 61.2. The third-order valence-electron chi connectivity index (χ3n) is 7.33. The molecule has 2 atom stereocenters. The molecule has 0 saturated heterocycles. The number of rotatable bonds is 12. The number of nitrogens with two attached hydrogens (primary N) is 4. The number of hydrogen-bond acceptors (Lipinski definition) is 18. The molecule has 2 aliphatic heterocycles. The quantitative estimate of drug-likeness (QED) is 0.0836. The van der Waals surface area contributed by atoms with Crippen LogP contribution in [-0.4, -0.2) is 89.1 Å². The number of carbonyl (C=O) groups excluding carboxylic acids is 2. The van der Waals surface area contributed by atoms with Crippen LogP contribution in [0.5, 0.6) is 0 Å². The van der Waals surface area contributed by atoms with Crippen LogP contribution in [-0.2, 0) is 9.59 Å². The molecule has 16 N–H and O–H groups in total. The summed E-state index contributed by atoms with van der Waals surface area (Å²) in [5.74, 6) is -3.88. The Balaban J connectivity index is 1.42. The molecule has 0 saturated carbocycles. The molecule has 0 fully saturated rings. The molecule has 2 amide bonds. The molecule has 52 heavy (non-hydrogen) atoms. The second-order valence-corrected chi connectivity index (χ2v) is 11.9. The minimum Gasteiger partial charge on any atom is -0.370 e. The van der Waals surface area contributed by atoms with E-state index < -0.39 is 35.8 Å². The van der Waals surface area contributed by atoms with E-state index in [9.17, 15) is 9.59 Å². The van der Waals surface area contributed by atoms with Crippen molar-refractivity contribution in [3.8, 4) is 0 Å². The van der Waals surface area contributed by atoms with Crippen LogP contribution in [0, 0.1) is 33.5 Å². The Kier molecular flexibility index (Phi) is 9.81. The van der Waals surface area contributed by atoms with Crippen molar-refractivity contribution in [2.45, 2.75) is 39.8 Å². The zero-order valence-corrected chi connectivity index (χ0v) is 28.2. The first-order valence-electron chi connectivity index (χ1n) is 15.4. The summed E-state index contributed by atoms with van der Waals surface area (Å²) < 4.78 is 0. The number of anilines is 8. The second-order valence-electron chi connectivity index (χ2n) is 11.9. The summed E-state index contributed by atoms with van der Waals surface area (Å²) in [5.41, 5.74) is 24.2. The average molecular weight is 713 g/mol. The average Bonchev–Trinajstić information content (AvgIpc) is 3.52. The number of nitrogens with zero attached hydrogens (tertiary/aromatic N) is 10. The first-order valence-corrected chi connectivity index (χ1v) is 15.4. The number of hydrogen-bond donors (Lipinski definition) is 12. The van der Waals surface area contributed by atoms with Crippen LogP contribution >= 0.6 is 0 Å². The molecule has 2 unspecified atom stereocenters. The molecule has 0 spiro atoms. The van der Waals surface area contributed by atoms with Gasteiger partial charge in [-0.3, -0.25) is 40.8 Å². The molecule has 270 valence electrons. The number of aromatic nitrogens is 6. The standard InChI is InChI=1S/C28H36N22O2/c1-9(2)13(29)15-17(51)39-21(35)49(15)27-45-23(43-25(47-27)41-19(31)32)37-11-5-7-12(8-6-11)38-24-44-26(42-20(33)34)48-28(46-24)50-16(14(30)10(3)4)18(52)40-22(50)36/h5-10,15-16,29-30H,1-4H3,(H2,35,39,51)(H2,36,40,52)(H5,31,32,37,41,43,45,47)(H5,33,34,38,42,44,46,48). The Bertz CT molecular complexity index is 1890. The van der Waals surface area contributed by atoms with Gasteiger partial charge < -0.3 is 44.4 Å². The van der Waals surface area contributed by atoms with Crippen LogP contribution in [0.2, 0.25) is 0 Å². The van der Waals surface area contributed by atoms with Crippen molar-refractivity contribution in [3.63, 3.8) is 0 Å². The van der Waals surface area contributed by atoms with Gasteiger partial charge in [0.1, 0.15) is 0 Å². The van der Waals surface area contributed by atoms with Crippen LogP contribution in [0.4, 0.5) is 47.1 Å². The highest BCUT2D eigenvalue weighted by Gasteiger charge is 2.42. The SMILES string of the molecule is CC(C)C(=N)C1C(=O)N=C(N)N1c1nc(NC(=N)N)nc(Nc2ccc(Nc3nc(NC(=N)N)nc(N4C(N)=NC(=O)C4C(=N)C(C)C)n3)cc2)n1. The fraction of sp³-hybridized carbons (Fsp3) is 0.286. The number of amides is 2. The molecule has 0 radical (unpaired) electrons. The largest absolute Gasteiger partial charge is 0.370 e. The molecule has 24 heteroatoms. The number of aliphatic imine (C=N–C) groups is 2. The van der Waals surface area contributed by atoms with Crippen LogP contribution in [0.25, 0.3) is 0 Å². The predicted molar refractivity (Wildman–Crippen MR) is 195 cm³/mol. The predicted octanol–water partition coefficient (Wildman–Crippen LogP) is -0.434.